The third kappa shape index (κ3) is 7.79. The van der Waals surface area contributed by atoms with Gasteiger partial charge in [0.2, 0.25) is 0 Å². The summed E-state index contributed by atoms with van der Waals surface area (Å²) in [5.74, 6) is 8.26. The third-order valence-corrected chi connectivity index (χ3v) is 4.39. The number of allylic oxidation sites excluding steroid dienone is 1. The largest absolute Gasteiger partial charge is 0.465 e. The lowest BCUT2D eigenvalue weighted by Crippen LogP contribution is -2.41. The van der Waals surface area contributed by atoms with Crippen LogP contribution in [0.2, 0.25) is 0 Å². The SMILES string of the molecule is C=CCC(CC#CC#CC(C)(C)OC(=O)c1ccc([N+](=O)[O-])cc1)(C(=O)OCC)C(=O)OCC. The summed E-state index contributed by atoms with van der Waals surface area (Å²) >= 11 is 0. The molecule has 9 heteroatoms. The lowest BCUT2D eigenvalue weighted by molar-refractivity contribution is -0.384. The molecule has 0 saturated carbocycles. The number of carbonyl (C=O) groups excluding carboxylic acids is 3. The highest BCUT2D eigenvalue weighted by Gasteiger charge is 2.47. The zero-order chi connectivity index (χ0) is 25.8. The fourth-order valence-corrected chi connectivity index (χ4v) is 2.71. The van der Waals surface area contributed by atoms with Crippen LogP contribution in [0.1, 0.15) is 50.9 Å². The van der Waals surface area contributed by atoms with E-state index < -0.39 is 33.8 Å². The van der Waals surface area contributed by atoms with Crippen LogP contribution in [0.5, 0.6) is 0 Å². The van der Waals surface area contributed by atoms with Crippen LogP contribution in [-0.2, 0) is 23.8 Å². The first kappa shape index (κ1) is 27.9. The molecule has 0 aromatic heterocycles. The van der Waals surface area contributed by atoms with E-state index in [1.807, 2.05) is 0 Å². The van der Waals surface area contributed by atoms with E-state index in [0.717, 1.165) is 0 Å². The average Bonchev–Trinajstić information content (AvgIpc) is 2.78. The van der Waals surface area contributed by atoms with Gasteiger partial charge in [0, 0.05) is 18.6 Å². The molecule has 0 bridgehead atoms. The molecule has 1 aromatic carbocycles. The summed E-state index contributed by atoms with van der Waals surface area (Å²) in [6.07, 6.45) is 1.20. The van der Waals surface area contributed by atoms with Gasteiger partial charge in [0.15, 0.2) is 11.0 Å². The highest BCUT2D eigenvalue weighted by Crippen LogP contribution is 2.31. The lowest BCUT2D eigenvalue weighted by Gasteiger charge is -2.26. The Kier molecular flexibility index (Phi) is 10.5. The second-order valence-electron chi connectivity index (χ2n) is 7.45. The predicted molar refractivity (Wildman–Crippen MR) is 123 cm³/mol. The number of nitro groups is 1. The van der Waals surface area contributed by atoms with Gasteiger partial charge < -0.3 is 14.2 Å². The summed E-state index contributed by atoms with van der Waals surface area (Å²) < 4.78 is 15.5. The number of carbonyl (C=O) groups is 3. The summed E-state index contributed by atoms with van der Waals surface area (Å²) in [4.78, 5) is 47.5. The minimum atomic E-state index is -1.65. The van der Waals surface area contributed by atoms with Crippen LogP contribution in [-0.4, -0.2) is 41.6 Å². The predicted octanol–water partition coefficient (Wildman–Crippen LogP) is 3.62. The smallest absolute Gasteiger partial charge is 0.339 e. The molecule has 0 aliphatic heterocycles. The molecule has 0 unspecified atom stereocenters. The van der Waals surface area contributed by atoms with Crippen molar-refractivity contribution in [3.05, 3.63) is 52.6 Å². The van der Waals surface area contributed by atoms with Gasteiger partial charge in [-0.3, -0.25) is 19.7 Å². The lowest BCUT2D eigenvalue weighted by atomic mass is 9.81. The third-order valence-electron chi connectivity index (χ3n) is 4.39. The molecule has 0 spiro atoms. The molecular formula is C25H27NO8. The Balaban J connectivity index is 2.99. The Labute approximate surface area is 198 Å². The van der Waals surface area contributed by atoms with Gasteiger partial charge in [0.05, 0.1) is 23.7 Å². The van der Waals surface area contributed by atoms with Crippen LogP contribution in [0, 0.1) is 39.2 Å². The Hall–Kier alpha value is -4.11. The van der Waals surface area contributed by atoms with Crippen molar-refractivity contribution in [2.45, 2.75) is 46.1 Å². The first-order valence-electron chi connectivity index (χ1n) is 10.5. The van der Waals surface area contributed by atoms with Crippen LogP contribution in [0.4, 0.5) is 5.69 Å². The molecule has 180 valence electrons. The molecule has 1 aromatic rings. The Morgan fingerprint density at radius 2 is 1.62 bits per heavy atom. The van der Waals surface area contributed by atoms with Crippen molar-refractivity contribution >= 4 is 23.6 Å². The minimum absolute atomic E-state index is 0.0227. The van der Waals surface area contributed by atoms with Gasteiger partial charge in [-0.1, -0.05) is 12.0 Å². The molecule has 0 heterocycles. The molecule has 34 heavy (non-hydrogen) atoms. The van der Waals surface area contributed by atoms with E-state index in [2.05, 4.69) is 30.3 Å². The van der Waals surface area contributed by atoms with E-state index >= 15 is 0 Å². The highest BCUT2D eigenvalue weighted by molar-refractivity contribution is 6.00. The molecule has 1 rings (SSSR count). The number of esters is 3. The quantitative estimate of drug-likeness (QED) is 0.0969. The molecule has 0 fully saturated rings. The van der Waals surface area contributed by atoms with Crippen LogP contribution in [0.3, 0.4) is 0 Å². The van der Waals surface area contributed by atoms with E-state index in [1.54, 1.807) is 27.7 Å². The fraction of sp³-hybridized carbons (Fsp3) is 0.400. The minimum Gasteiger partial charge on any atom is -0.465 e. The molecule has 0 aliphatic carbocycles. The van der Waals surface area contributed by atoms with Crippen LogP contribution in [0.25, 0.3) is 0 Å². The van der Waals surface area contributed by atoms with Crippen molar-refractivity contribution in [2.75, 3.05) is 13.2 Å². The normalized spacial score (nSPS) is 10.5. The van der Waals surface area contributed by atoms with E-state index in [0.29, 0.717) is 0 Å². The van der Waals surface area contributed by atoms with Gasteiger partial charge in [0.1, 0.15) is 0 Å². The molecule has 9 nitrogen and oxygen atoms in total. The number of rotatable bonds is 10. The number of non-ortho nitro benzene ring substituents is 1. The number of hydrogen-bond donors (Lipinski definition) is 0. The molecule has 0 atom stereocenters. The van der Waals surface area contributed by atoms with Gasteiger partial charge in [-0.2, -0.15) is 0 Å². The number of hydrogen-bond acceptors (Lipinski definition) is 8. The Bertz CT molecular complexity index is 1030. The summed E-state index contributed by atoms with van der Waals surface area (Å²) in [5, 5.41) is 10.7. The van der Waals surface area contributed by atoms with E-state index in [4.69, 9.17) is 14.2 Å². The van der Waals surface area contributed by atoms with Crippen LogP contribution >= 0.6 is 0 Å². The first-order valence-corrected chi connectivity index (χ1v) is 10.5. The number of nitrogens with zero attached hydrogens (tertiary/aromatic N) is 1. The number of benzene rings is 1. The summed E-state index contributed by atoms with van der Waals surface area (Å²) in [7, 11) is 0. The van der Waals surface area contributed by atoms with Crippen molar-refractivity contribution in [2.24, 2.45) is 5.41 Å². The molecular weight excluding hydrogens is 442 g/mol. The Morgan fingerprint density at radius 3 is 2.09 bits per heavy atom. The van der Waals surface area contributed by atoms with E-state index in [9.17, 15) is 24.5 Å². The maximum atomic E-state index is 12.5. The number of ether oxygens (including phenoxy) is 3. The maximum Gasteiger partial charge on any atom is 0.339 e. The Morgan fingerprint density at radius 1 is 1.06 bits per heavy atom. The van der Waals surface area contributed by atoms with Gasteiger partial charge in [-0.15, -0.1) is 6.58 Å². The van der Waals surface area contributed by atoms with Gasteiger partial charge >= 0.3 is 17.9 Å². The van der Waals surface area contributed by atoms with E-state index in [-0.39, 0.29) is 37.3 Å². The van der Waals surface area contributed by atoms with Crippen molar-refractivity contribution < 1.29 is 33.5 Å². The highest BCUT2D eigenvalue weighted by atomic mass is 16.6. The summed E-state index contributed by atoms with van der Waals surface area (Å²) in [6, 6.07) is 4.97. The first-order chi connectivity index (χ1) is 16.0. The zero-order valence-electron chi connectivity index (χ0n) is 19.6. The zero-order valence-corrected chi connectivity index (χ0v) is 19.6. The van der Waals surface area contributed by atoms with Crippen LogP contribution < -0.4 is 0 Å². The summed E-state index contributed by atoms with van der Waals surface area (Å²) in [5.41, 5.74) is -2.90. The van der Waals surface area contributed by atoms with Crippen molar-refractivity contribution in [3.8, 4) is 23.7 Å². The van der Waals surface area contributed by atoms with Crippen molar-refractivity contribution in [3.63, 3.8) is 0 Å². The monoisotopic (exact) mass is 469 g/mol. The number of nitro benzene ring substituents is 1. The van der Waals surface area contributed by atoms with Crippen molar-refractivity contribution in [1.29, 1.82) is 0 Å². The average molecular weight is 469 g/mol. The van der Waals surface area contributed by atoms with Crippen molar-refractivity contribution in [1.82, 2.24) is 0 Å². The maximum absolute atomic E-state index is 12.5. The molecule has 0 radical (unpaired) electrons. The molecule has 0 amide bonds. The molecule has 0 aliphatic rings. The van der Waals surface area contributed by atoms with Gasteiger partial charge in [-0.05, 0) is 64.0 Å². The van der Waals surface area contributed by atoms with Gasteiger partial charge in [-0.25, -0.2) is 4.79 Å². The second kappa shape index (κ2) is 12.8. The topological polar surface area (TPSA) is 122 Å². The molecule has 0 saturated heterocycles. The van der Waals surface area contributed by atoms with E-state index in [1.165, 1.54) is 30.3 Å². The fourth-order valence-electron chi connectivity index (χ4n) is 2.71. The van der Waals surface area contributed by atoms with Gasteiger partial charge in [0.25, 0.3) is 5.69 Å². The summed E-state index contributed by atoms with van der Waals surface area (Å²) in [6.45, 7) is 10.1. The standard InChI is InChI=1S/C25H27NO8/c1-6-16-25(22(28)32-7-2,23(29)33-8-3)18-11-9-10-17-24(4,5)34-21(27)19-12-14-20(15-13-19)26(30)31/h6,12-15H,1,7-8,16,18H2,2-5H3. The molecule has 0 N–H and O–H groups in total. The second-order valence-corrected chi connectivity index (χ2v) is 7.45. The van der Waals surface area contributed by atoms with Crippen LogP contribution in [0.15, 0.2) is 36.9 Å².